The lowest BCUT2D eigenvalue weighted by Crippen LogP contribution is -2.47. The summed E-state index contributed by atoms with van der Waals surface area (Å²) in [6.45, 7) is 4.74. The molecule has 2 atom stereocenters. The number of benzene rings is 1. The molecule has 0 unspecified atom stereocenters. The highest BCUT2D eigenvalue weighted by Gasteiger charge is 2.36. The average molecular weight is 263 g/mol. The van der Waals surface area contributed by atoms with Gasteiger partial charge >= 0.3 is 0 Å². The van der Waals surface area contributed by atoms with E-state index in [-0.39, 0.29) is 0 Å². The number of thioether (sulfide) groups is 1. The molecule has 0 aromatic heterocycles. The third-order valence-corrected chi connectivity index (χ3v) is 5.40. The quantitative estimate of drug-likeness (QED) is 0.884. The van der Waals surface area contributed by atoms with Gasteiger partial charge in [-0.3, -0.25) is 4.90 Å². The minimum absolute atomic E-state index is 0.419. The molecule has 0 saturated carbocycles. The molecule has 0 aliphatic carbocycles. The van der Waals surface area contributed by atoms with Gasteiger partial charge in [-0.15, -0.1) is 11.8 Å². The van der Waals surface area contributed by atoms with Gasteiger partial charge in [0.05, 0.1) is 0 Å². The minimum Gasteiger partial charge on any atom is -0.508 e. The summed E-state index contributed by atoms with van der Waals surface area (Å²) in [7, 11) is 0. The van der Waals surface area contributed by atoms with Crippen molar-refractivity contribution in [1.29, 1.82) is 0 Å². The Kier molecular flexibility index (Phi) is 3.53. The molecule has 0 radical (unpaired) electrons. The number of nitrogens with zero attached hydrogens (tertiary/aromatic N) is 1. The molecule has 3 heteroatoms. The van der Waals surface area contributed by atoms with Crippen LogP contribution in [0.2, 0.25) is 0 Å². The van der Waals surface area contributed by atoms with Gasteiger partial charge in [0.25, 0.3) is 0 Å². The zero-order chi connectivity index (χ0) is 12.5. The molecule has 1 fully saturated rings. The molecule has 98 valence electrons. The van der Waals surface area contributed by atoms with Crippen molar-refractivity contribution in [3.05, 3.63) is 23.8 Å². The van der Waals surface area contributed by atoms with Gasteiger partial charge in [-0.1, -0.05) is 6.92 Å². The van der Waals surface area contributed by atoms with Crippen LogP contribution in [0.5, 0.6) is 5.75 Å². The first kappa shape index (κ1) is 12.4. The van der Waals surface area contributed by atoms with Crippen LogP contribution in [0.15, 0.2) is 23.1 Å². The van der Waals surface area contributed by atoms with E-state index >= 15 is 0 Å². The van der Waals surface area contributed by atoms with Crippen LogP contribution < -0.4 is 0 Å². The van der Waals surface area contributed by atoms with Crippen molar-refractivity contribution in [3.63, 3.8) is 0 Å². The van der Waals surface area contributed by atoms with Gasteiger partial charge in [-0.05, 0) is 56.1 Å². The largest absolute Gasteiger partial charge is 0.508 e. The van der Waals surface area contributed by atoms with Crippen LogP contribution >= 0.6 is 11.8 Å². The Morgan fingerprint density at radius 1 is 1.44 bits per heavy atom. The summed E-state index contributed by atoms with van der Waals surface area (Å²) in [5, 5.41) is 9.72. The summed E-state index contributed by atoms with van der Waals surface area (Å²) in [6.07, 6.45) is 3.81. The highest BCUT2D eigenvalue weighted by molar-refractivity contribution is 7.99. The monoisotopic (exact) mass is 263 g/mol. The van der Waals surface area contributed by atoms with Crippen molar-refractivity contribution < 1.29 is 5.11 Å². The van der Waals surface area contributed by atoms with Gasteiger partial charge < -0.3 is 5.11 Å². The van der Waals surface area contributed by atoms with Crippen LogP contribution in [0.1, 0.15) is 37.7 Å². The van der Waals surface area contributed by atoms with E-state index in [0.717, 1.165) is 0 Å². The fraction of sp³-hybridized carbons (Fsp3) is 0.600. The lowest BCUT2D eigenvalue weighted by Gasteiger charge is -2.44. The second-order valence-corrected chi connectivity index (χ2v) is 6.45. The van der Waals surface area contributed by atoms with Gasteiger partial charge in [0.1, 0.15) is 5.75 Å². The summed E-state index contributed by atoms with van der Waals surface area (Å²) in [5.41, 5.74) is 1.39. The number of phenolic OH excluding ortho intramolecular Hbond substituents is 1. The number of hydrogen-bond donors (Lipinski definition) is 1. The maximum atomic E-state index is 9.72. The third kappa shape index (κ3) is 2.14. The molecule has 1 saturated heterocycles. The average Bonchev–Trinajstić information content (AvgIpc) is 2.39. The van der Waals surface area contributed by atoms with Gasteiger partial charge in [0.2, 0.25) is 0 Å². The number of fused-ring (bicyclic) bond motifs is 3. The van der Waals surface area contributed by atoms with Crippen LogP contribution in [-0.2, 0) is 0 Å². The summed E-state index contributed by atoms with van der Waals surface area (Å²) in [6, 6.07) is 6.58. The molecular formula is C15H21NOS. The molecule has 18 heavy (non-hydrogen) atoms. The molecule has 1 aromatic carbocycles. The second kappa shape index (κ2) is 5.14. The Bertz CT molecular complexity index is 433. The molecule has 1 aromatic rings. The van der Waals surface area contributed by atoms with Crippen LogP contribution in [0, 0.1) is 0 Å². The number of rotatable bonds is 2. The van der Waals surface area contributed by atoms with Gasteiger partial charge in [0.15, 0.2) is 0 Å². The van der Waals surface area contributed by atoms with Gasteiger partial charge in [-0.2, -0.15) is 0 Å². The van der Waals surface area contributed by atoms with Crippen molar-refractivity contribution in [2.75, 3.05) is 18.8 Å². The van der Waals surface area contributed by atoms with Crippen molar-refractivity contribution in [2.45, 2.75) is 43.0 Å². The molecule has 3 rings (SSSR count). The van der Waals surface area contributed by atoms with E-state index in [4.69, 9.17) is 0 Å². The van der Waals surface area contributed by atoms with E-state index in [2.05, 4.69) is 17.9 Å². The molecule has 0 spiro atoms. The first-order chi connectivity index (χ1) is 8.79. The van der Waals surface area contributed by atoms with Gasteiger partial charge in [0, 0.05) is 22.6 Å². The van der Waals surface area contributed by atoms with Crippen molar-refractivity contribution in [2.24, 2.45) is 0 Å². The SMILES string of the molecule is CCCN1CCC[C@@H]2c3cc(O)ccc3SC[C@@H]21. The van der Waals surface area contributed by atoms with Crippen LogP contribution in [0.4, 0.5) is 0 Å². The number of likely N-dealkylation sites (tertiary alicyclic amines) is 1. The molecule has 1 N–H and O–H groups in total. The van der Waals surface area contributed by atoms with Crippen LogP contribution in [0.25, 0.3) is 0 Å². The molecule has 2 aliphatic rings. The Balaban J connectivity index is 1.91. The molecular weight excluding hydrogens is 242 g/mol. The maximum absolute atomic E-state index is 9.72. The van der Waals surface area contributed by atoms with E-state index < -0.39 is 0 Å². The fourth-order valence-electron chi connectivity index (χ4n) is 3.41. The predicted molar refractivity (Wildman–Crippen MR) is 76.5 cm³/mol. The number of piperidine rings is 1. The number of hydrogen-bond acceptors (Lipinski definition) is 3. The first-order valence-corrected chi connectivity index (χ1v) is 7.98. The Labute approximate surface area is 113 Å². The Morgan fingerprint density at radius 2 is 2.33 bits per heavy atom. The fourth-order valence-corrected chi connectivity index (χ4v) is 4.74. The van der Waals surface area contributed by atoms with E-state index in [1.807, 2.05) is 23.9 Å². The van der Waals surface area contributed by atoms with Crippen LogP contribution in [0.3, 0.4) is 0 Å². The van der Waals surface area contributed by atoms with Gasteiger partial charge in [-0.25, -0.2) is 0 Å². The Morgan fingerprint density at radius 3 is 3.17 bits per heavy atom. The summed E-state index contributed by atoms with van der Waals surface area (Å²) in [4.78, 5) is 4.04. The highest BCUT2D eigenvalue weighted by atomic mass is 32.2. The zero-order valence-corrected chi connectivity index (χ0v) is 11.7. The zero-order valence-electron chi connectivity index (χ0n) is 10.9. The summed E-state index contributed by atoms with van der Waals surface area (Å²) < 4.78 is 0. The number of aromatic hydroxyl groups is 1. The molecule has 2 heterocycles. The molecule has 0 bridgehead atoms. The standard InChI is InChI=1S/C15H21NOS/c1-2-7-16-8-3-4-12-13-9-11(17)5-6-15(13)18-10-14(12)16/h5-6,9,12,14,17H,2-4,7-8,10H2,1H3/t12-,14+/m1/s1. The molecule has 0 amide bonds. The topological polar surface area (TPSA) is 23.5 Å². The normalized spacial score (nSPS) is 27.6. The summed E-state index contributed by atoms with van der Waals surface area (Å²) >= 11 is 1.96. The highest BCUT2D eigenvalue weighted by Crippen LogP contribution is 2.45. The van der Waals surface area contributed by atoms with E-state index in [0.29, 0.717) is 17.7 Å². The third-order valence-electron chi connectivity index (χ3n) is 4.21. The maximum Gasteiger partial charge on any atom is 0.115 e. The summed E-state index contributed by atoms with van der Waals surface area (Å²) in [5.74, 6) is 2.26. The van der Waals surface area contributed by atoms with Crippen LogP contribution in [-0.4, -0.2) is 34.9 Å². The molecule has 2 aliphatic heterocycles. The first-order valence-electron chi connectivity index (χ1n) is 6.99. The van der Waals surface area contributed by atoms with Crippen molar-refractivity contribution in [1.82, 2.24) is 4.90 Å². The van der Waals surface area contributed by atoms with E-state index in [1.165, 1.54) is 48.6 Å². The molecule has 2 nitrogen and oxygen atoms in total. The number of phenols is 1. The van der Waals surface area contributed by atoms with E-state index in [1.54, 1.807) is 0 Å². The van der Waals surface area contributed by atoms with Crippen molar-refractivity contribution in [3.8, 4) is 5.75 Å². The van der Waals surface area contributed by atoms with Crippen molar-refractivity contribution >= 4 is 11.8 Å². The second-order valence-electron chi connectivity index (χ2n) is 5.39. The smallest absolute Gasteiger partial charge is 0.115 e. The Hall–Kier alpha value is -0.670. The van der Waals surface area contributed by atoms with E-state index in [9.17, 15) is 5.11 Å². The minimum atomic E-state index is 0.419. The lowest BCUT2D eigenvalue weighted by atomic mass is 9.83. The lowest BCUT2D eigenvalue weighted by molar-refractivity contribution is 0.139. The predicted octanol–water partition coefficient (Wildman–Crippen LogP) is 3.46.